The normalized spacial score (nSPS) is 25.7. The number of fused-ring (bicyclic) bond motifs is 2. The smallest absolute Gasteiger partial charge is 0.231 e. The summed E-state index contributed by atoms with van der Waals surface area (Å²) in [5.41, 5.74) is 0.986. The second kappa shape index (κ2) is 8.53. The van der Waals surface area contributed by atoms with E-state index in [1.54, 1.807) is 25.4 Å². The van der Waals surface area contributed by atoms with Crippen molar-refractivity contribution in [2.24, 2.45) is 7.05 Å². The van der Waals surface area contributed by atoms with Gasteiger partial charge in [-0.25, -0.2) is 14.1 Å². The van der Waals surface area contributed by atoms with E-state index in [1.807, 2.05) is 6.07 Å². The van der Waals surface area contributed by atoms with E-state index in [4.69, 9.17) is 5.26 Å². The summed E-state index contributed by atoms with van der Waals surface area (Å²) in [4.78, 5) is 10.7. The van der Waals surface area contributed by atoms with Crippen molar-refractivity contribution in [2.45, 2.75) is 68.9 Å². The molecule has 0 amide bonds. The molecule has 4 atom stereocenters. The van der Waals surface area contributed by atoms with Gasteiger partial charge in [0.1, 0.15) is 18.0 Å². The molecule has 3 aliphatic rings. The number of nitriles is 1. The highest BCUT2D eigenvalue weighted by atomic mass is 19.1. The lowest BCUT2D eigenvalue weighted by atomic mass is 9.82. The molecule has 11 heteroatoms. The van der Waals surface area contributed by atoms with Crippen molar-refractivity contribution in [3.63, 3.8) is 0 Å². The Morgan fingerprint density at radius 1 is 1.20 bits per heavy atom. The molecule has 3 aromatic rings. The molecule has 2 aliphatic heterocycles. The Kier molecular flexibility index (Phi) is 5.33. The van der Waals surface area contributed by atoms with E-state index in [0.29, 0.717) is 28.8 Å². The first-order valence-corrected chi connectivity index (χ1v) is 12.0. The summed E-state index contributed by atoms with van der Waals surface area (Å²) in [6.45, 7) is 0. The summed E-state index contributed by atoms with van der Waals surface area (Å²) in [6.07, 6.45) is 6.52. The number of hydrogen-bond donors (Lipinski definition) is 2. The first kappa shape index (κ1) is 21.9. The Labute approximate surface area is 201 Å². The molecule has 4 heterocycles. The van der Waals surface area contributed by atoms with Crippen LogP contribution >= 0.6 is 0 Å². The molecule has 6 rings (SSSR count). The van der Waals surface area contributed by atoms with Crippen LogP contribution in [0.2, 0.25) is 0 Å². The average molecular weight is 476 g/mol. The van der Waals surface area contributed by atoms with E-state index >= 15 is 4.39 Å². The van der Waals surface area contributed by atoms with Crippen LogP contribution in [-0.4, -0.2) is 65.4 Å². The van der Waals surface area contributed by atoms with Crippen molar-refractivity contribution in [2.75, 3.05) is 4.90 Å². The Balaban J connectivity index is 1.26. The molecule has 2 bridgehead atoms. The van der Waals surface area contributed by atoms with Crippen molar-refractivity contribution in [1.82, 2.24) is 35.3 Å². The molecule has 0 radical (unpaired) electrons. The zero-order valence-electron chi connectivity index (χ0n) is 19.3. The zero-order valence-corrected chi connectivity index (χ0v) is 19.3. The maximum Gasteiger partial charge on any atom is 0.231 e. The van der Waals surface area contributed by atoms with Gasteiger partial charge in [0, 0.05) is 30.7 Å². The molecule has 1 saturated carbocycles. The van der Waals surface area contributed by atoms with Gasteiger partial charge < -0.3 is 15.3 Å². The number of rotatable bonds is 5. The summed E-state index contributed by atoms with van der Waals surface area (Å²) in [5.74, 6) is 1.34. The molecule has 0 unspecified atom stereocenters. The van der Waals surface area contributed by atoms with Gasteiger partial charge in [-0.1, -0.05) is 12.5 Å². The van der Waals surface area contributed by atoms with Crippen LogP contribution < -0.4 is 10.2 Å². The third kappa shape index (κ3) is 3.97. The van der Waals surface area contributed by atoms with Crippen LogP contribution in [0.15, 0.2) is 24.4 Å². The number of benzene rings is 1. The molecular formula is C24H26FN9O. The summed E-state index contributed by atoms with van der Waals surface area (Å²) in [5, 5.41) is 36.1. The summed E-state index contributed by atoms with van der Waals surface area (Å²) >= 11 is 0. The number of piperidine rings is 2. The minimum absolute atomic E-state index is 0.0444. The number of nitrogens with one attached hydrogen (secondary N) is 1. The molecule has 1 aliphatic carbocycles. The third-order valence-electron chi connectivity index (χ3n) is 7.27. The zero-order chi connectivity index (χ0) is 24.1. The molecular weight excluding hydrogens is 449 g/mol. The average Bonchev–Trinajstić information content (AvgIpc) is 3.63. The highest BCUT2D eigenvalue weighted by molar-refractivity contribution is 5.70. The number of nitrogens with zero attached hydrogens (tertiary/aromatic N) is 8. The summed E-state index contributed by atoms with van der Waals surface area (Å²) in [7, 11) is 1.64. The number of alkyl halides is 1. The highest BCUT2D eigenvalue weighted by Crippen LogP contribution is 2.39. The van der Waals surface area contributed by atoms with E-state index in [2.05, 4.69) is 35.5 Å². The van der Waals surface area contributed by atoms with Crippen molar-refractivity contribution < 1.29 is 9.50 Å². The van der Waals surface area contributed by atoms with E-state index in [1.165, 1.54) is 10.7 Å². The lowest BCUT2D eigenvalue weighted by molar-refractivity contribution is 0.104. The number of hydrogen-bond acceptors (Lipinski definition) is 9. The van der Waals surface area contributed by atoms with Crippen LogP contribution in [0.1, 0.15) is 44.3 Å². The van der Waals surface area contributed by atoms with E-state index in [9.17, 15) is 5.11 Å². The number of phenolic OH excluding ortho intramolecular Hbond substituents is 1. The number of halogens is 1. The number of phenols is 1. The number of aromatic hydroxyl groups is 1. The molecule has 35 heavy (non-hydrogen) atoms. The largest absolute Gasteiger partial charge is 0.507 e. The van der Waals surface area contributed by atoms with Gasteiger partial charge in [0.2, 0.25) is 5.82 Å². The minimum Gasteiger partial charge on any atom is -0.507 e. The monoisotopic (exact) mass is 475 g/mol. The van der Waals surface area contributed by atoms with E-state index in [0.717, 1.165) is 38.5 Å². The standard InChI is InChI=1S/C24H26FN9O/c1-33-20(11-26)29-23(32-33)13-5-8-16(19(35)9-13)24-27-12-21(30-31-24)34(15-6-7-15)18-10-14-3-2-4-17(28-14)22(18)25/h5,8-9,12,14-15,17-18,22,28,35H,2-4,6-7,10H2,1H3/t14-,17+,18-,22+/m0/s1. The summed E-state index contributed by atoms with van der Waals surface area (Å²) < 4.78 is 16.8. The second-order valence-electron chi connectivity index (χ2n) is 9.65. The summed E-state index contributed by atoms with van der Waals surface area (Å²) in [6, 6.07) is 7.20. The number of aryl methyl sites for hydroxylation is 1. The molecule has 1 aromatic carbocycles. The van der Waals surface area contributed by atoms with E-state index in [-0.39, 0.29) is 35.5 Å². The van der Waals surface area contributed by atoms with Crippen molar-refractivity contribution in [3.05, 3.63) is 30.2 Å². The second-order valence-corrected chi connectivity index (χ2v) is 9.65. The van der Waals surface area contributed by atoms with Crippen LogP contribution in [0.3, 0.4) is 0 Å². The van der Waals surface area contributed by atoms with Gasteiger partial charge in [0.15, 0.2) is 17.5 Å². The molecule has 2 aromatic heterocycles. The molecule has 0 spiro atoms. The quantitative estimate of drug-likeness (QED) is 0.572. The Morgan fingerprint density at radius 2 is 2.06 bits per heavy atom. The van der Waals surface area contributed by atoms with Gasteiger partial charge in [-0.2, -0.15) is 15.3 Å². The predicted octanol–water partition coefficient (Wildman–Crippen LogP) is 2.50. The number of aromatic nitrogens is 6. The van der Waals surface area contributed by atoms with Crippen LogP contribution in [0.25, 0.3) is 22.8 Å². The Morgan fingerprint density at radius 3 is 2.74 bits per heavy atom. The lowest BCUT2D eigenvalue weighted by Gasteiger charge is -2.47. The van der Waals surface area contributed by atoms with E-state index < -0.39 is 6.17 Å². The van der Waals surface area contributed by atoms with Crippen LogP contribution in [0.4, 0.5) is 10.2 Å². The van der Waals surface area contributed by atoms with Crippen LogP contribution in [-0.2, 0) is 7.05 Å². The van der Waals surface area contributed by atoms with Gasteiger partial charge in [-0.3, -0.25) is 0 Å². The number of anilines is 1. The molecule has 180 valence electrons. The Hall–Kier alpha value is -3.65. The van der Waals surface area contributed by atoms with Crippen LogP contribution in [0.5, 0.6) is 5.75 Å². The minimum atomic E-state index is -0.952. The van der Waals surface area contributed by atoms with Crippen molar-refractivity contribution >= 4 is 5.82 Å². The van der Waals surface area contributed by atoms with Crippen molar-refractivity contribution in [1.29, 1.82) is 5.26 Å². The van der Waals surface area contributed by atoms with Gasteiger partial charge in [-0.15, -0.1) is 10.2 Å². The van der Waals surface area contributed by atoms with Crippen molar-refractivity contribution in [3.8, 4) is 34.6 Å². The first-order chi connectivity index (χ1) is 17.0. The molecule has 2 saturated heterocycles. The third-order valence-corrected chi connectivity index (χ3v) is 7.27. The lowest BCUT2D eigenvalue weighted by Crippen LogP contribution is -2.62. The van der Waals surface area contributed by atoms with Gasteiger partial charge in [0.05, 0.1) is 17.8 Å². The van der Waals surface area contributed by atoms with Gasteiger partial charge in [-0.05, 0) is 44.2 Å². The topological polar surface area (TPSA) is 129 Å². The molecule has 10 nitrogen and oxygen atoms in total. The van der Waals surface area contributed by atoms with Crippen LogP contribution in [0, 0.1) is 11.3 Å². The van der Waals surface area contributed by atoms with Gasteiger partial charge in [0.25, 0.3) is 0 Å². The maximum atomic E-state index is 15.4. The SMILES string of the molecule is Cn1nc(-c2ccc(-c3ncc(N(C4CC4)[C@H]4C[C@@H]5CCC[C@@H](N5)[C@H]4F)nn3)c(O)c2)nc1C#N. The molecule has 2 N–H and O–H groups in total. The van der Waals surface area contributed by atoms with Gasteiger partial charge >= 0.3 is 0 Å². The predicted molar refractivity (Wildman–Crippen MR) is 125 cm³/mol. The first-order valence-electron chi connectivity index (χ1n) is 12.0. The fourth-order valence-corrected chi connectivity index (χ4v) is 5.40. The molecule has 3 fully saturated rings. The maximum absolute atomic E-state index is 15.4. The highest BCUT2D eigenvalue weighted by Gasteiger charge is 2.46. The Bertz CT molecular complexity index is 1280. The fourth-order valence-electron chi connectivity index (χ4n) is 5.40. The fraction of sp³-hybridized carbons (Fsp3) is 0.500.